The Morgan fingerprint density at radius 1 is 1.21 bits per heavy atom. The summed E-state index contributed by atoms with van der Waals surface area (Å²) in [6, 6.07) is 15.3. The fourth-order valence-corrected chi connectivity index (χ4v) is 4.17. The van der Waals surface area contributed by atoms with Crippen LogP contribution in [0.4, 0.5) is 11.6 Å². The molecule has 150 valence electrons. The Balaban J connectivity index is 1.71. The number of fused-ring (bicyclic) bond motifs is 1. The van der Waals surface area contributed by atoms with Crippen LogP contribution < -0.4 is 15.4 Å². The van der Waals surface area contributed by atoms with E-state index in [1.54, 1.807) is 23.6 Å². The van der Waals surface area contributed by atoms with E-state index in [1.165, 1.54) is 11.2 Å². The predicted octanol–water partition coefficient (Wildman–Crippen LogP) is 3.67. The molecule has 0 fully saturated rings. The molecule has 3 aromatic rings. The Kier molecular flexibility index (Phi) is 5.44. The van der Waals surface area contributed by atoms with Crippen molar-refractivity contribution in [2.24, 2.45) is 5.92 Å². The van der Waals surface area contributed by atoms with Crippen LogP contribution in [0.25, 0.3) is 0 Å². The van der Waals surface area contributed by atoms with Crippen LogP contribution in [0.3, 0.4) is 0 Å². The number of nitrogens with one attached hydrogen (secondary N) is 2. The average molecular weight is 410 g/mol. The minimum atomic E-state index is -0.394. The monoisotopic (exact) mass is 409 g/mol. The van der Waals surface area contributed by atoms with Crippen LogP contribution in [-0.2, 0) is 4.79 Å². The van der Waals surface area contributed by atoms with Gasteiger partial charge in [0, 0.05) is 10.9 Å². The van der Waals surface area contributed by atoms with Gasteiger partial charge in [-0.25, -0.2) is 4.68 Å². The van der Waals surface area contributed by atoms with Gasteiger partial charge in [0.2, 0.25) is 11.9 Å². The van der Waals surface area contributed by atoms with E-state index in [2.05, 4.69) is 45.0 Å². The smallest absolute Gasteiger partial charge is 0.232 e. The molecule has 0 spiro atoms. The molecule has 0 aliphatic carbocycles. The topological polar surface area (TPSA) is 81.1 Å². The van der Waals surface area contributed by atoms with Gasteiger partial charge in [0.05, 0.1) is 24.8 Å². The number of hydrogen-bond acceptors (Lipinski definition) is 6. The number of rotatable bonds is 5. The summed E-state index contributed by atoms with van der Waals surface area (Å²) in [6.07, 6.45) is 3.56. The number of aromatic nitrogens is 3. The number of anilines is 2. The first-order valence-corrected chi connectivity index (χ1v) is 10.6. The average Bonchev–Trinajstić information content (AvgIpc) is 3.21. The number of benzene rings is 2. The van der Waals surface area contributed by atoms with Crippen LogP contribution in [0, 0.1) is 5.92 Å². The fourth-order valence-electron chi connectivity index (χ4n) is 3.76. The number of carbonyl (C=O) groups excluding carboxylic acids is 1. The van der Waals surface area contributed by atoms with E-state index in [9.17, 15) is 4.79 Å². The molecule has 2 aromatic carbocycles. The molecule has 0 saturated carbocycles. The van der Waals surface area contributed by atoms with Gasteiger partial charge in [0.15, 0.2) is 0 Å². The molecule has 29 heavy (non-hydrogen) atoms. The van der Waals surface area contributed by atoms with E-state index in [-0.39, 0.29) is 18.0 Å². The molecule has 2 N–H and O–H groups in total. The number of carbonyl (C=O) groups is 1. The van der Waals surface area contributed by atoms with E-state index < -0.39 is 5.92 Å². The zero-order chi connectivity index (χ0) is 20.4. The first kappa shape index (κ1) is 19.3. The van der Waals surface area contributed by atoms with Gasteiger partial charge in [0.1, 0.15) is 12.1 Å². The molecule has 1 amide bonds. The zero-order valence-corrected chi connectivity index (χ0v) is 17.3. The first-order valence-electron chi connectivity index (χ1n) is 9.36. The van der Waals surface area contributed by atoms with Crippen LogP contribution in [-0.4, -0.2) is 40.1 Å². The van der Waals surface area contributed by atoms with Crippen molar-refractivity contribution >= 4 is 29.3 Å². The molecular weight excluding hydrogens is 386 g/mol. The molecule has 1 aliphatic rings. The molecule has 0 unspecified atom stereocenters. The number of thioether (sulfide) groups is 1. The van der Waals surface area contributed by atoms with Crippen molar-refractivity contribution in [2.45, 2.75) is 23.9 Å². The Bertz CT molecular complexity index is 1000. The predicted molar refractivity (Wildman–Crippen MR) is 115 cm³/mol. The molecule has 1 aromatic heterocycles. The SMILES string of the molecule is COc1ccccc1NC(=O)[C@@H]1[C@@H](C)Nc2ncnn2[C@H]1c1ccc(SC)cc1. The summed E-state index contributed by atoms with van der Waals surface area (Å²) >= 11 is 1.68. The van der Waals surface area contributed by atoms with Gasteiger partial charge in [-0.2, -0.15) is 10.1 Å². The second-order valence-electron chi connectivity index (χ2n) is 6.89. The number of methoxy groups -OCH3 is 1. The highest BCUT2D eigenvalue weighted by Crippen LogP contribution is 2.37. The Morgan fingerprint density at radius 2 is 1.97 bits per heavy atom. The molecular formula is C21H23N5O2S. The summed E-state index contributed by atoms with van der Waals surface area (Å²) in [5, 5.41) is 10.7. The summed E-state index contributed by atoms with van der Waals surface area (Å²) in [6.45, 7) is 1.99. The van der Waals surface area contributed by atoms with E-state index in [4.69, 9.17) is 4.74 Å². The molecule has 0 saturated heterocycles. The largest absolute Gasteiger partial charge is 0.495 e. The highest BCUT2D eigenvalue weighted by molar-refractivity contribution is 7.98. The quantitative estimate of drug-likeness (QED) is 0.626. The van der Waals surface area contributed by atoms with Crippen molar-refractivity contribution in [3.8, 4) is 5.75 Å². The number of hydrogen-bond donors (Lipinski definition) is 2. The minimum absolute atomic E-state index is 0.102. The number of para-hydroxylation sites is 2. The van der Waals surface area contributed by atoms with Crippen LogP contribution >= 0.6 is 11.8 Å². The van der Waals surface area contributed by atoms with Crippen molar-refractivity contribution in [2.75, 3.05) is 24.0 Å². The maximum Gasteiger partial charge on any atom is 0.232 e. The van der Waals surface area contributed by atoms with E-state index in [0.717, 1.165) is 5.56 Å². The normalized spacial score (nSPS) is 20.4. The highest BCUT2D eigenvalue weighted by atomic mass is 32.2. The molecule has 4 rings (SSSR count). The lowest BCUT2D eigenvalue weighted by Gasteiger charge is -2.37. The summed E-state index contributed by atoms with van der Waals surface area (Å²) in [5.41, 5.74) is 1.66. The lowest BCUT2D eigenvalue weighted by molar-refractivity contribution is -0.121. The molecule has 3 atom stereocenters. The molecule has 0 radical (unpaired) electrons. The standard InChI is InChI=1S/C21H23N5O2S/c1-13-18(20(27)25-16-6-4-5-7-17(16)28-2)19(26-21(24-13)22-12-23-26)14-8-10-15(29-3)11-9-14/h4-13,18-19H,1-3H3,(H,25,27)(H,22,23,24)/t13-,18-,19+/m1/s1. The third-order valence-electron chi connectivity index (χ3n) is 5.20. The molecule has 7 nitrogen and oxygen atoms in total. The number of ether oxygens (including phenoxy) is 1. The maximum absolute atomic E-state index is 13.4. The fraction of sp³-hybridized carbons (Fsp3) is 0.286. The lowest BCUT2D eigenvalue weighted by atomic mass is 9.85. The van der Waals surface area contributed by atoms with Gasteiger partial charge in [-0.15, -0.1) is 11.8 Å². The highest BCUT2D eigenvalue weighted by Gasteiger charge is 2.41. The van der Waals surface area contributed by atoms with Crippen molar-refractivity contribution < 1.29 is 9.53 Å². The van der Waals surface area contributed by atoms with Crippen LogP contribution in [0.2, 0.25) is 0 Å². The van der Waals surface area contributed by atoms with Gasteiger partial charge in [-0.3, -0.25) is 4.79 Å². The lowest BCUT2D eigenvalue weighted by Crippen LogP contribution is -2.46. The third-order valence-corrected chi connectivity index (χ3v) is 5.94. The first-order chi connectivity index (χ1) is 14.1. The van der Waals surface area contributed by atoms with Gasteiger partial charge in [-0.05, 0) is 43.0 Å². The second-order valence-corrected chi connectivity index (χ2v) is 7.77. The van der Waals surface area contributed by atoms with Crippen molar-refractivity contribution in [3.05, 3.63) is 60.4 Å². The van der Waals surface area contributed by atoms with Crippen LogP contribution in [0.15, 0.2) is 59.8 Å². The van der Waals surface area contributed by atoms with Crippen molar-refractivity contribution in [3.63, 3.8) is 0 Å². The van der Waals surface area contributed by atoms with Gasteiger partial charge in [-0.1, -0.05) is 24.3 Å². The molecule has 1 aliphatic heterocycles. The van der Waals surface area contributed by atoms with Crippen LogP contribution in [0.1, 0.15) is 18.5 Å². The van der Waals surface area contributed by atoms with Crippen molar-refractivity contribution in [1.82, 2.24) is 14.8 Å². The second kappa shape index (κ2) is 8.16. The summed E-state index contributed by atoms with van der Waals surface area (Å²) < 4.78 is 7.17. The van der Waals surface area contributed by atoms with Gasteiger partial charge >= 0.3 is 0 Å². The van der Waals surface area contributed by atoms with Gasteiger partial charge in [0.25, 0.3) is 0 Å². The Labute approximate surface area is 173 Å². The number of amides is 1. The van der Waals surface area contributed by atoms with Gasteiger partial charge < -0.3 is 15.4 Å². The summed E-state index contributed by atoms with van der Waals surface area (Å²) in [7, 11) is 1.59. The molecule has 8 heteroatoms. The minimum Gasteiger partial charge on any atom is -0.495 e. The molecule has 2 heterocycles. The number of nitrogens with zero attached hydrogens (tertiary/aromatic N) is 3. The summed E-state index contributed by atoms with van der Waals surface area (Å²) in [4.78, 5) is 18.9. The Morgan fingerprint density at radius 3 is 2.69 bits per heavy atom. The molecule has 0 bridgehead atoms. The van der Waals surface area contributed by atoms with E-state index >= 15 is 0 Å². The zero-order valence-electron chi connectivity index (χ0n) is 16.5. The third kappa shape index (κ3) is 3.67. The van der Waals surface area contributed by atoms with Crippen LogP contribution in [0.5, 0.6) is 5.75 Å². The Hall–Kier alpha value is -3.00. The summed E-state index contributed by atoms with van der Waals surface area (Å²) in [5.74, 6) is 0.793. The van der Waals surface area contributed by atoms with Crippen molar-refractivity contribution in [1.29, 1.82) is 0 Å². The van der Waals surface area contributed by atoms with E-state index in [1.807, 2.05) is 37.4 Å². The maximum atomic E-state index is 13.4. The van der Waals surface area contributed by atoms with E-state index in [0.29, 0.717) is 17.4 Å².